The van der Waals surface area contributed by atoms with Crippen LogP contribution in [0, 0.1) is 12.7 Å². The summed E-state index contributed by atoms with van der Waals surface area (Å²) in [6.07, 6.45) is 5.66. The van der Waals surface area contributed by atoms with E-state index in [-0.39, 0.29) is 17.5 Å². The van der Waals surface area contributed by atoms with Gasteiger partial charge in [-0.1, -0.05) is 12.1 Å². The van der Waals surface area contributed by atoms with E-state index in [1.54, 1.807) is 19.1 Å². The highest BCUT2D eigenvalue weighted by Gasteiger charge is 2.52. The lowest BCUT2D eigenvalue weighted by atomic mass is 9.84. The Morgan fingerprint density at radius 1 is 1.19 bits per heavy atom. The summed E-state index contributed by atoms with van der Waals surface area (Å²) in [5.74, 6) is -0.756. The zero-order valence-electron chi connectivity index (χ0n) is 15.2. The Kier molecular flexibility index (Phi) is 4.47. The standard InChI is InChI=1S/C20H26FN3O2/c1-13-5-4-6-16(17(13)21)18(25)22-15-11-20(19(26)23-14-7-8-14)9-2-3-10-24(20)12-15/h4-6,14-15H,2-3,7-12H2,1H3,(H,22,25)(H,23,26)/t15-,20-/m0/s1. The van der Waals surface area contributed by atoms with Crippen molar-refractivity contribution in [2.45, 2.75) is 63.1 Å². The van der Waals surface area contributed by atoms with E-state index in [0.29, 0.717) is 24.6 Å². The number of halogens is 1. The fraction of sp³-hybridized carbons (Fsp3) is 0.600. The topological polar surface area (TPSA) is 61.4 Å². The molecule has 4 rings (SSSR count). The predicted molar refractivity (Wildman–Crippen MR) is 96.3 cm³/mol. The molecule has 0 radical (unpaired) electrons. The molecule has 3 aliphatic rings. The number of nitrogens with one attached hydrogen (secondary N) is 2. The van der Waals surface area contributed by atoms with Crippen molar-refractivity contribution in [2.24, 2.45) is 0 Å². The van der Waals surface area contributed by atoms with Gasteiger partial charge in [-0.2, -0.15) is 0 Å². The van der Waals surface area contributed by atoms with Crippen molar-refractivity contribution in [1.82, 2.24) is 15.5 Å². The second kappa shape index (κ2) is 6.65. The van der Waals surface area contributed by atoms with E-state index in [4.69, 9.17) is 0 Å². The molecule has 26 heavy (non-hydrogen) atoms. The molecule has 2 heterocycles. The van der Waals surface area contributed by atoms with Crippen molar-refractivity contribution < 1.29 is 14.0 Å². The fourth-order valence-corrected chi connectivity index (χ4v) is 4.41. The molecule has 1 saturated carbocycles. The van der Waals surface area contributed by atoms with Gasteiger partial charge in [-0.25, -0.2) is 4.39 Å². The molecule has 0 unspecified atom stereocenters. The van der Waals surface area contributed by atoms with Crippen LogP contribution >= 0.6 is 0 Å². The second-order valence-corrected chi connectivity index (χ2v) is 7.99. The normalized spacial score (nSPS) is 28.5. The van der Waals surface area contributed by atoms with Gasteiger partial charge in [0.2, 0.25) is 5.91 Å². The molecule has 0 aromatic heterocycles. The van der Waals surface area contributed by atoms with Gasteiger partial charge in [0.1, 0.15) is 11.4 Å². The van der Waals surface area contributed by atoms with Gasteiger partial charge in [-0.3, -0.25) is 14.5 Å². The molecule has 0 spiro atoms. The first-order valence-electron chi connectivity index (χ1n) is 9.61. The van der Waals surface area contributed by atoms with E-state index in [1.807, 2.05) is 0 Å². The fourth-order valence-electron chi connectivity index (χ4n) is 4.41. The minimum Gasteiger partial charge on any atom is -0.352 e. The monoisotopic (exact) mass is 359 g/mol. The van der Waals surface area contributed by atoms with Gasteiger partial charge >= 0.3 is 0 Å². The van der Waals surface area contributed by atoms with Gasteiger partial charge in [0.05, 0.1) is 5.56 Å². The van der Waals surface area contributed by atoms with Gasteiger partial charge in [-0.05, 0) is 63.6 Å². The van der Waals surface area contributed by atoms with Crippen molar-refractivity contribution in [3.05, 3.63) is 35.1 Å². The number of carbonyl (C=O) groups is 2. The van der Waals surface area contributed by atoms with Crippen molar-refractivity contribution >= 4 is 11.8 Å². The van der Waals surface area contributed by atoms with Crippen LogP contribution < -0.4 is 10.6 Å². The maximum Gasteiger partial charge on any atom is 0.254 e. The minimum absolute atomic E-state index is 0.0753. The highest BCUT2D eigenvalue weighted by Crippen LogP contribution is 2.39. The Bertz CT molecular complexity index is 734. The molecular weight excluding hydrogens is 333 g/mol. The number of piperidine rings is 1. The molecule has 2 aliphatic heterocycles. The number of nitrogens with zero attached hydrogens (tertiary/aromatic N) is 1. The molecule has 2 atom stereocenters. The molecule has 0 bridgehead atoms. The van der Waals surface area contributed by atoms with Crippen molar-refractivity contribution in [1.29, 1.82) is 0 Å². The Morgan fingerprint density at radius 2 is 2.00 bits per heavy atom. The van der Waals surface area contributed by atoms with Crippen molar-refractivity contribution in [3.8, 4) is 0 Å². The van der Waals surface area contributed by atoms with Gasteiger partial charge < -0.3 is 10.6 Å². The molecular formula is C20H26FN3O2. The van der Waals surface area contributed by atoms with Crippen LogP contribution in [0.3, 0.4) is 0 Å². The highest BCUT2D eigenvalue weighted by molar-refractivity contribution is 5.95. The van der Waals surface area contributed by atoms with Crippen LogP contribution in [0.1, 0.15) is 54.4 Å². The average molecular weight is 359 g/mol. The lowest BCUT2D eigenvalue weighted by Gasteiger charge is -2.40. The Hall–Kier alpha value is -1.95. The maximum absolute atomic E-state index is 14.2. The first-order chi connectivity index (χ1) is 12.5. The molecule has 1 aromatic carbocycles. The van der Waals surface area contributed by atoms with Crippen LogP contribution in [0.25, 0.3) is 0 Å². The Morgan fingerprint density at radius 3 is 2.77 bits per heavy atom. The first-order valence-corrected chi connectivity index (χ1v) is 9.61. The van der Waals surface area contributed by atoms with Crippen LogP contribution in [0.5, 0.6) is 0 Å². The van der Waals surface area contributed by atoms with E-state index in [1.165, 1.54) is 6.07 Å². The SMILES string of the molecule is Cc1cccc(C(=O)N[C@@H]2CN3CCCC[C@@]3(C(=O)NC3CC3)C2)c1F. The summed E-state index contributed by atoms with van der Waals surface area (Å²) in [6.45, 7) is 3.18. The average Bonchev–Trinajstić information content (AvgIpc) is 3.34. The number of fused-ring (bicyclic) bond motifs is 1. The first kappa shape index (κ1) is 17.5. The maximum atomic E-state index is 14.2. The molecule has 1 aromatic rings. The Balaban J connectivity index is 1.49. The highest BCUT2D eigenvalue weighted by atomic mass is 19.1. The summed E-state index contributed by atoms with van der Waals surface area (Å²) in [6, 6.07) is 5.05. The number of hydrogen-bond donors (Lipinski definition) is 2. The van der Waals surface area contributed by atoms with E-state index >= 15 is 0 Å². The van der Waals surface area contributed by atoms with Crippen LogP contribution in [-0.2, 0) is 4.79 Å². The largest absolute Gasteiger partial charge is 0.352 e. The molecule has 2 saturated heterocycles. The second-order valence-electron chi connectivity index (χ2n) is 7.99. The number of rotatable bonds is 4. The molecule has 2 amide bonds. The quantitative estimate of drug-likeness (QED) is 0.866. The number of carbonyl (C=O) groups excluding carboxylic acids is 2. The van der Waals surface area contributed by atoms with Crippen LogP contribution in [-0.4, -0.2) is 47.4 Å². The van der Waals surface area contributed by atoms with E-state index in [0.717, 1.165) is 38.6 Å². The van der Waals surface area contributed by atoms with Gasteiger partial charge in [0.25, 0.3) is 5.91 Å². The van der Waals surface area contributed by atoms with Crippen LogP contribution in [0.4, 0.5) is 4.39 Å². The summed E-state index contributed by atoms with van der Waals surface area (Å²) in [7, 11) is 0. The number of aryl methyl sites for hydroxylation is 1. The molecule has 2 N–H and O–H groups in total. The van der Waals surface area contributed by atoms with Gasteiger partial charge in [-0.15, -0.1) is 0 Å². The van der Waals surface area contributed by atoms with E-state index in [9.17, 15) is 14.0 Å². The molecule has 1 aliphatic carbocycles. The summed E-state index contributed by atoms with van der Waals surface area (Å²) in [5, 5.41) is 6.12. The third-order valence-corrected chi connectivity index (χ3v) is 6.01. The van der Waals surface area contributed by atoms with Gasteiger partial charge in [0.15, 0.2) is 0 Å². The summed E-state index contributed by atoms with van der Waals surface area (Å²) in [4.78, 5) is 27.7. The van der Waals surface area contributed by atoms with Crippen molar-refractivity contribution in [3.63, 3.8) is 0 Å². The number of benzene rings is 1. The minimum atomic E-state index is -0.510. The summed E-state index contributed by atoms with van der Waals surface area (Å²) < 4.78 is 14.2. The zero-order valence-corrected chi connectivity index (χ0v) is 15.2. The molecule has 6 heteroatoms. The van der Waals surface area contributed by atoms with E-state index in [2.05, 4.69) is 15.5 Å². The summed E-state index contributed by atoms with van der Waals surface area (Å²) >= 11 is 0. The lowest BCUT2D eigenvalue weighted by molar-refractivity contribution is -0.134. The van der Waals surface area contributed by atoms with E-state index < -0.39 is 17.3 Å². The summed E-state index contributed by atoms with van der Waals surface area (Å²) in [5.41, 5.74) is 0.0253. The smallest absolute Gasteiger partial charge is 0.254 e. The molecule has 5 nitrogen and oxygen atoms in total. The third kappa shape index (κ3) is 3.11. The number of hydrogen-bond acceptors (Lipinski definition) is 3. The van der Waals surface area contributed by atoms with Gasteiger partial charge in [0, 0.05) is 18.6 Å². The van der Waals surface area contributed by atoms with Crippen LogP contribution in [0.2, 0.25) is 0 Å². The lowest BCUT2D eigenvalue weighted by Crippen LogP contribution is -2.57. The third-order valence-electron chi connectivity index (χ3n) is 6.01. The Labute approximate surface area is 153 Å². The predicted octanol–water partition coefficient (Wildman–Crippen LogP) is 2.14. The van der Waals surface area contributed by atoms with Crippen molar-refractivity contribution in [2.75, 3.05) is 13.1 Å². The van der Waals surface area contributed by atoms with Crippen LogP contribution in [0.15, 0.2) is 18.2 Å². The number of amides is 2. The zero-order chi connectivity index (χ0) is 18.3. The molecule has 3 fully saturated rings. The molecule has 140 valence electrons.